The molecule has 1 fully saturated rings. The van der Waals surface area contributed by atoms with Gasteiger partial charge in [0.25, 0.3) is 5.91 Å². The van der Waals surface area contributed by atoms with E-state index in [2.05, 4.69) is 0 Å². The number of carbonyl (C=O) groups excluding carboxylic acids is 1. The minimum atomic E-state index is -1.01. The summed E-state index contributed by atoms with van der Waals surface area (Å²) in [4.78, 5) is 24.0. The second-order valence-corrected chi connectivity index (χ2v) is 4.62. The van der Waals surface area contributed by atoms with E-state index in [0.29, 0.717) is 13.2 Å². The number of carbonyl (C=O) groups is 2. The molecule has 0 aliphatic carbocycles. The summed E-state index contributed by atoms with van der Waals surface area (Å²) in [7, 11) is 0. The molecule has 0 aromatic heterocycles. The fourth-order valence-electron chi connectivity index (χ4n) is 1.61. The topological polar surface area (TPSA) is 66.8 Å². The molecule has 1 aliphatic rings. The standard InChI is InChI=1S/C10H17NO4/c1-10(2,3)11-4-5-15-7(9(11)14)6-8(12)13/h7H,4-6H2,1-3H3,(H,12,13). The zero-order valence-corrected chi connectivity index (χ0v) is 9.32. The summed E-state index contributed by atoms with van der Waals surface area (Å²) in [5.74, 6) is -1.24. The average Bonchev–Trinajstić information content (AvgIpc) is 2.05. The maximum absolute atomic E-state index is 11.8. The van der Waals surface area contributed by atoms with Crippen LogP contribution >= 0.6 is 0 Å². The smallest absolute Gasteiger partial charge is 0.306 e. The lowest BCUT2D eigenvalue weighted by Crippen LogP contribution is -2.55. The van der Waals surface area contributed by atoms with E-state index in [1.165, 1.54) is 0 Å². The minimum absolute atomic E-state index is 0.226. The number of hydrogen-bond acceptors (Lipinski definition) is 3. The van der Waals surface area contributed by atoms with Crippen molar-refractivity contribution in [2.45, 2.75) is 38.8 Å². The van der Waals surface area contributed by atoms with Gasteiger partial charge in [-0.3, -0.25) is 9.59 Å². The number of morpholine rings is 1. The molecule has 86 valence electrons. The van der Waals surface area contributed by atoms with Crippen molar-refractivity contribution in [3.63, 3.8) is 0 Å². The monoisotopic (exact) mass is 215 g/mol. The molecule has 0 saturated carbocycles. The molecule has 1 heterocycles. The van der Waals surface area contributed by atoms with Crippen molar-refractivity contribution < 1.29 is 19.4 Å². The molecule has 0 aromatic rings. The molecule has 5 heteroatoms. The third-order valence-electron chi connectivity index (χ3n) is 2.35. The van der Waals surface area contributed by atoms with Crippen LogP contribution in [0.1, 0.15) is 27.2 Å². The number of aliphatic carboxylic acids is 1. The van der Waals surface area contributed by atoms with Crippen LogP contribution < -0.4 is 0 Å². The molecule has 1 saturated heterocycles. The van der Waals surface area contributed by atoms with Crippen LogP contribution in [0, 0.1) is 0 Å². The van der Waals surface area contributed by atoms with Crippen molar-refractivity contribution in [3.05, 3.63) is 0 Å². The summed E-state index contributed by atoms with van der Waals surface area (Å²) in [6.45, 7) is 6.70. The van der Waals surface area contributed by atoms with Crippen molar-refractivity contribution in [1.82, 2.24) is 4.90 Å². The van der Waals surface area contributed by atoms with Crippen LogP contribution in [-0.4, -0.2) is 46.7 Å². The van der Waals surface area contributed by atoms with Gasteiger partial charge in [0.2, 0.25) is 0 Å². The van der Waals surface area contributed by atoms with E-state index < -0.39 is 12.1 Å². The van der Waals surface area contributed by atoms with E-state index in [-0.39, 0.29) is 17.9 Å². The highest BCUT2D eigenvalue weighted by Crippen LogP contribution is 2.20. The lowest BCUT2D eigenvalue weighted by atomic mass is 10.0. The second-order valence-electron chi connectivity index (χ2n) is 4.62. The maximum Gasteiger partial charge on any atom is 0.306 e. The zero-order valence-electron chi connectivity index (χ0n) is 9.32. The second kappa shape index (κ2) is 4.18. The predicted molar refractivity (Wildman–Crippen MR) is 53.5 cm³/mol. The highest BCUT2D eigenvalue weighted by Gasteiger charge is 2.36. The Morgan fingerprint density at radius 2 is 2.20 bits per heavy atom. The highest BCUT2D eigenvalue weighted by molar-refractivity contribution is 5.86. The lowest BCUT2D eigenvalue weighted by Gasteiger charge is -2.40. The summed E-state index contributed by atoms with van der Waals surface area (Å²) in [5.41, 5.74) is -0.280. The van der Waals surface area contributed by atoms with E-state index in [1.807, 2.05) is 20.8 Å². The van der Waals surface area contributed by atoms with Gasteiger partial charge in [0.1, 0.15) is 6.10 Å². The Bertz CT molecular complexity index is 269. The molecule has 1 amide bonds. The molecule has 1 atom stereocenters. The molecular weight excluding hydrogens is 198 g/mol. The van der Waals surface area contributed by atoms with Crippen molar-refractivity contribution in [2.24, 2.45) is 0 Å². The fraction of sp³-hybridized carbons (Fsp3) is 0.800. The Morgan fingerprint density at radius 1 is 1.60 bits per heavy atom. The quantitative estimate of drug-likeness (QED) is 0.727. The number of rotatable bonds is 2. The number of carboxylic acids is 1. The highest BCUT2D eigenvalue weighted by atomic mass is 16.5. The Morgan fingerprint density at radius 3 is 2.67 bits per heavy atom. The molecule has 15 heavy (non-hydrogen) atoms. The van der Waals surface area contributed by atoms with Gasteiger partial charge in [-0.25, -0.2) is 0 Å². The first-order valence-electron chi connectivity index (χ1n) is 4.97. The van der Waals surface area contributed by atoms with Gasteiger partial charge in [-0.2, -0.15) is 0 Å². The zero-order chi connectivity index (χ0) is 11.6. The number of ether oxygens (including phenoxy) is 1. The molecule has 1 unspecified atom stereocenters. The normalized spacial score (nSPS) is 23.0. The van der Waals surface area contributed by atoms with Gasteiger partial charge in [0, 0.05) is 12.1 Å². The molecule has 1 aliphatic heterocycles. The van der Waals surface area contributed by atoms with Crippen molar-refractivity contribution >= 4 is 11.9 Å². The van der Waals surface area contributed by atoms with Crippen molar-refractivity contribution in [2.75, 3.05) is 13.2 Å². The first kappa shape index (κ1) is 12.0. The van der Waals surface area contributed by atoms with Gasteiger partial charge >= 0.3 is 5.97 Å². The Balaban J connectivity index is 2.71. The van der Waals surface area contributed by atoms with Gasteiger partial charge in [-0.15, -0.1) is 0 Å². The first-order valence-corrected chi connectivity index (χ1v) is 4.97. The van der Waals surface area contributed by atoms with Crippen LogP contribution in [-0.2, 0) is 14.3 Å². The van der Waals surface area contributed by atoms with Crippen LogP contribution in [0.4, 0.5) is 0 Å². The summed E-state index contributed by atoms with van der Waals surface area (Å²) in [6.07, 6.45) is -1.08. The number of hydrogen-bond donors (Lipinski definition) is 1. The van der Waals surface area contributed by atoms with Crippen molar-refractivity contribution in [3.8, 4) is 0 Å². The Kier molecular flexibility index (Phi) is 3.34. The van der Waals surface area contributed by atoms with E-state index in [1.54, 1.807) is 4.90 Å². The number of nitrogens with zero attached hydrogens (tertiary/aromatic N) is 1. The summed E-state index contributed by atoms with van der Waals surface area (Å²) in [5, 5.41) is 8.62. The van der Waals surface area contributed by atoms with Crippen LogP contribution in [0.5, 0.6) is 0 Å². The molecule has 0 aromatic carbocycles. The SMILES string of the molecule is CC(C)(C)N1CCOC(CC(=O)O)C1=O. The lowest BCUT2D eigenvalue weighted by molar-refractivity contribution is -0.164. The van der Waals surface area contributed by atoms with Crippen LogP contribution in [0.25, 0.3) is 0 Å². The number of carboxylic acid groups (broad SMARTS) is 1. The van der Waals surface area contributed by atoms with E-state index in [9.17, 15) is 9.59 Å². The van der Waals surface area contributed by atoms with Crippen molar-refractivity contribution in [1.29, 1.82) is 0 Å². The third kappa shape index (κ3) is 2.92. The maximum atomic E-state index is 11.8. The summed E-state index contributed by atoms with van der Waals surface area (Å²) < 4.78 is 5.15. The summed E-state index contributed by atoms with van der Waals surface area (Å²) >= 11 is 0. The van der Waals surface area contributed by atoms with E-state index in [4.69, 9.17) is 9.84 Å². The summed E-state index contributed by atoms with van der Waals surface area (Å²) in [6, 6.07) is 0. The Hall–Kier alpha value is -1.10. The van der Waals surface area contributed by atoms with Gasteiger partial charge in [-0.1, -0.05) is 0 Å². The molecule has 1 rings (SSSR count). The molecular formula is C10H17NO4. The third-order valence-corrected chi connectivity index (χ3v) is 2.35. The molecule has 0 bridgehead atoms. The minimum Gasteiger partial charge on any atom is -0.481 e. The van der Waals surface area contributed by atoms with Crippen LogP contribution in [0.15, 0.2) is 0 Å². The molecule has 5 nitrogen and oxygen atoms in total. The van der Waals surface area contributed by atoms with E-state index in [0.717, 1.165) is 0 Å². The molecule has 0 spiro atoms. The molecule has 1 N–H and O–H groups in total. The first-order chi connectivity index (χ1) is 6.82. The van der Waals surface area contributed by atoms with E-state index >= 15 is 0 Å². The van der Waals surface area contributed by atoms with Gasteiger partial charge < -0.3 is 14.7 Å². The fourth-order valence-corrected chi connectivity index (χ4v) is 1.61. The van der Waals surface area contributed by atoms with Crippen LogP contribution in [0.2, 0.25) is 0 Å². The number of amides is 1. The van der Waals surface area contributed by atoms with Gasteiger partial charge in [0.15, 0.2) is 0 Å². The average molecular weight is 215 g/mol. The van der Waals surface area contributed by atoms with Gasteiger partial charge in [0.05, 0.1) is 13.0 Å². The Labute approximate surface area is 89.0 Å². The van der Waals surface area contributed by atoms with Gasteiger partial charge in [-0.05, 0) is 20.8 Å². The largest absolute Gasteiger partial charge is 0.481 e. The molecule has 0 radical (unpaired) electrons. The predicted octanol–water partition coefficient (Wildman–Crippen LogP) is 0.487. The van der Waals surface area contributed by atoms with Crippen LogP contribution in [0.3, 0.4) is 0 Å².